The van der Waals surface area contributed by atoms with Crippen LogP contribution < -0.4 is 15.0 Å². The molecular formula is C11H13F3N2O. The number of halogens is 3. The van der Waals surface area contributed by atoms with E-state index in [2.05, 4.69) is 10.1 Å². The van der Waals surface area contributed by atoms with Gasteiger partial charge in [0.05, 0.1) is 1.37 Å². The number of rotatable bonds is 2. The van der Waals surface area contributed by atoms with Crippen molar-refractivity contribution in [2.24, 2.45) is 0 Å². The van der Waals surface area contributed by atoms with Crippen LogP contribution in [-0.2, 0) is 0 Å². The maximum atomic E-state index is 12.0. The number of ether oxygens (including phenoxy) is 1. The third-order valence-corrected chi connectivity index (χ3v) is 2.46. The molecule has 2 rings (SSSR count). The first kappa shape index (κ1) is 10.7. The van der Waals surface area contributed by atoms with Crippen molar-refractivity contribution in [1.29, 1.82) is 0 Å². The van der Waals surface area contributed by atoms with E-state index in [0.717, 1.165) is 32.2 Å². The summed E-state index contributed by atoms with van der Waals surface area (Å²) >= 11 is 0. The Bertz CT molecular complexity index is 419. The second kappa shape index (κ2) is 4.83. The van der Waals surface area contributed by atoms with Crippen LogP contribution in [0.5, 0.6) is 5.75 Å². The van der Waals surface area contributed by atoms with Crippen LogP contribution in [0.2, 0.25) is 0 Å². The molecule has 1 aromatic rings. The third-order valence-electron chi connectivity index (χ3n) is 2.46. The van der Waals surface area contributed by atoms with Crippen LogP contribution in [0, 0.1) is 0 Å². The van der Waals surface area contributed by atoms with E-state index in [1.165, 1.54) is 12.1 Å². The summed E-state index contributed by atoms with van der Waals surface area (Å²) in [5, 5.41) is 3.17. The van der Waals surface area contributed by atoms with E-state index in [0.29, 0.717) is 5.69 Å². The lowest BCUT2D eigenvalue weighted by Crippen LogP contribution is -2.43. The van der Waals surface area contributed by atoms with Crippen LogP contribution in [0.15, 0.2) is 24.2 Å². The number of benzene rings is 1. The Balaban J connectivity index is 2.14. The van der Waals surface area contributed by atoms with Gasteiger partial charge in [0.25, 0.3) is 0 Å². The van der Waals surface area contributed by atoms with Crippen molar-refractivity contribution in [3.63, 3.8) is 0 Å². The second-order valence-electron chi connectivity index (χ2n) is 3.69. The highest BCUT2D eigenvalue weighted by molar-refractivity contribution is 5.49. The lowest BCUT2D eigenvalue weighted by Gasteiger charge is -2.29. The normalized spacial score (nSPS) is 17.8. The van der Waals surface area contributed by atoms with E-state index in [1.54, 1.807) is 0 Å². The van der Waals surface area contributed by atoms with Crippen molar-refractivity contribution >= 4 is 5.69 Å². The van der Waals surface area contributed by atoms with Gasteiger partial charge in [-0.2, -0.15) is 0 Å². The number of nitrogens with zero attached hydrogens (tertiary/aromatic N) is 1. The first-order chi connectivity index (χ1) is 8.46. The minimum absolute atomic E-state index is 0.0404. The van der Waals surface area contributed by atoms with Crippen LogP contribution in [0.25, 0.3) is 0 Å². The van der Waals surface area contributed by atoms with E-state index in [-0.39, 0.29) is 11.8 Å². The number of piperazine rings is 1. The van der Waals surface area contributed by atoms with E-state index in [1.807, 2.05) is 4.90 Å². The Hall–Kier alpha value is -1.43. The highest BCUT2D eigenvalue weighted by Gasteiger charge is 2.31. The maximum absolute atomic E-state index is 12.0. The number of nitrogens with one attached hydrogen (secondary N) is 1. The van der Waals surface area contributed by atoms with Crippen molar-refractivity contribution in [3.8, 4) is 5.75 Å². The predicted molar refractivity (Wildman–Crippen MR) is 58.2 cm³/mol. The summed E-state index contributed by atoms with van der Waals surface area (Å²) < 4.78 is 47.6. The molecule has 0 aromatic heterocycles. The van der Waals surface area contributed by atoms with Crippen molar-refractivity contribution in [3.05, 3.63) is 24.2 Å². The molecule has 1 aliphatic rings. The molecule has 1 saturated heterocycles. The van der Waals surface area contributed by atoms with Gasteiger partial charge >= 0.3 is 6.36 Å². The molecule has 1 fully saturated rings. The SMILES string of the molecule is [2H]c1cc(OC(F)(F)F)ccc1N1CCNCC1. The zero-order chi connectivity index (χ0) is 13.2. The Morgan fingerprint density at radius 1 is 1.24 bits per heavy atom. The van der Waals surface area contributed by atoms with Gasteiger partial charge in [0.15, 0.2) is 0 Å². The van der Waals surface area contributed by atoms with Crippen LogP contribution in [0.3, 0.4) is 0 Å². The van der Waals surface area contributed by atoms with Crippen molar-refractivity contribution in [1.82, 2.24) is 5.32 Å². The molecule has 0 spiro atoms. The Kier molecular flexibility index (Phi) is 3.04. The fourth-order valence-electron chi connectivity index (χ4n) is 1.70. The van der Waals surface area contributed by atoms with Gasteiger partial charge in [-0.25, -0.2) is 0 Å². The molecule has 1 aromatic carbocycles. The summed E-state index contributed by atoms with van der Waals surface area (Å²) in [6.07, 6.45) is -4.72. The monoisotopic (exact) mass is 247 g/mol. The molecule has 1 heterocycles. The Morgan fingerprint density at radius 3 is 2.53 bits per heavy atom. The number of hydrogen-bond acceptors (Lipinski definition) is 3. The fourth-order valence-corrected chi connectivity index (χ4v) is 1.70. The summed E-state index contributed by atoms with van der Waals surface area (Å²) in [5.74, 6) is -0.355. The summed E-state index contributed by atoms with van der Waals surface area (Å²) in [5.41, 5.74) is 0.631. The molecule has 1 N–H and O–H groups in total. The van der Waals surface area contributed by atoms with Gasteiger partial charge < -0.3 is 15.0 Å². The summed E-state index contributed by atoms with van der Waals surface area (Å²) in [7, 11) is 0. The molecule has 94 valence electrons. The summed E-state index contributed by atoms with van der Waals surface area (Å²) in [6, 6.07) is 3.86. The van der Waals surface area contributed by atoms with Crippen molar-refractivity contribution in [2.45, 2.75) is 6.36 Å². The first-order valence-electron chi connectivity index (χ1n) is 5.78. The molecule has 0 unspecified atom stereocenters. The lowest BCUT2D eigenvalue weighted by atomic mass is 10.2. The topological polar surface area (TPSA) is 24.5 Å². The zero-order valence-electron chi connectivity index (χ0n) is 10.0. The van der Waals surface area contributed by atoms with Gasteiger partial charge in [-0.3, -0.25) is 0 Å². The first-order valence-corrected chi connectivity index (χ1v) is 5.28. The molecule has 0 radical (unpaired) electrons. The van der Waals surface area contributed by atoms with Gasteiger partial charge in [0.1, 0.15) is 5.75 Å². The van der Waals surface area contributed by atoms with E-state index >= 15 is 0 Å². The van der Waals surface area contributed by atoms with Crippen LogP contribution >= 0.6 is 0 Å². The quantitative estimate of drug-likeness (QED) is 0.865. The minimum Gasteiger partial charge on any atom is -0.406 e. The third kappa shape index (κ3) is 3.52. The highest BCUT2D eigenvalue weighted by Crippen LogP contribution is 2.25. The molecule has 0 aliphatic carbocycles. The fraction of sp³-hybridized carbons (Fsp3) is 0.455. The van der Waals surface area contributed by atoms with E-state index in [4.69, 9.17) is 1.37 Å². The molecule has 17 heavy (non-hydrogen) atoms. The van der Waals surface area contributed by atoms with Crippen molar-refractivity contribution < 1.29 is 19.3 Å². The average molecular weight is 247 g/mol. The predicted octanol–water partition coefficient (Wildman–Crippen LogP) is 1.99. The smallest absolute Gasteiger partial charge is 0.406 e. The maximum Gasteiger partial charge on any atom is 0.573 e. The van der Waals surface area contributed by atoms with Gasteiger partial charge in [-0.05, 0) is 24.2 Å². The van der Waals surface area contributed by atoms with Crippen LogP contribution in [-0.4, -0.2) is 32.5 Å². The van der Waals surface area contributed by atoms with Gasteiger partial charge in [0, 0.05) is 31.9 Å². The lowest BCUT2D eigenvalue weighted by molar-refractivity contribution is -0.274. The minimum atomic E-state index is -4.72. The standard InChI is InChI=1S/C11H13F3N2O/c12-11(13,14)17-10-3-1-9(2-4-10)16-7-5-15-6-8-16/h1-4,15H,5-8H2/i1D. The molecule has 0 atom stereocenters. The summed E-state index contributed by atoms with van der Waals surface area (Å²) in [4.78, 5) is 1.97. The molecule has 1 aliphatic heterocycles. The molecular weight excluding hydrogens is 233 g/mol. The molecule has 0 saturated carbocycles. The Morgan fingerprint density at radius 2 is 1.94 bits per heavy atom. The molecule has 0 amide bonds. The van der Waals surface area contributed by atoms with Crippen LogP contribution in [0.1, 0.15) is 1.37 Å². The Labute approximate surface area is 98.6 Å². The number of hydrogen-bond donors (Lipinski definition) is 1. The molecule has 6 heteroatoms. The number of alkyl halides is 3. The van der Waals surface area contributed by atoms with E-state index < -0.39 is 6.36 Å². The summed E-state index contributed by atoms with van der Waals surface area (Å²) in [6.45, 7) is 3.09. The zero-order valence-corrected chi connectivity index (χ0v) is 9.05. The average Bonchev–Trinajstić information content (AvgIpc) is 2.28. The highest BCUT2D eigenvalue weighted by atomic mass is 19.4. The second-order valence-corrected chi connectivity index (χ2v) is 3.69. The largest absolute Gasteiger partial charge is 0.573 e. The van der Waals surface area contributed by atoms with Gasteiger partial charge in [-0.15, -0.1) is 13.2 Å². The van der Waals surface area contributed by atoms with Gasteiger partial charge in [-0.1, -0.05) is 0 Å². The van der Waals surface area contributed by atoms with Crippen LogP contribution in [0.4, 0.5) is 18.9 Å². The number of anilines is 1. The molecule has 3 nitrogen and oxygen atoms in total. The van der Waals surface area contributed by atoms with Crippen molar-refractivity contribution in [2.75, 3.05) is 31.1 Å². The van der Waals surface area contributed by atoms with Gasteiger partial charge in [0.2, 0.25) is 0 Å². The van der Waals surface area contributed by atoms with E-state index in [9.17, 15) is 13.2 Å². The molecule has 0 bridgehead atoms.